The van der Waals surface area contributed by atoms with E-state index in [-0.39, 0.29) is 23.1 Å². The lowest BCUT2D eigenvalue weighted by atomic mass is 9.72. The van der Waals surface area contributed by atoms with E-state index < -0.39 is 0 Å². The summed E-state index contributed by atoms with van der Waals surface area (Å²) in [6, 6.07) is 0. The standard InChI is InChI=1S/C17H26O3/c1-12-7-6-9-16(2,3)13(12)8-10-17(4)14(20-17)11-15(18)19-5/h8,10,14H,6-7,9,11H2,1-5H3/b10-8+. The van der Waals surface area contributed by atoms with Crippen LogP contribution in [0.2, 0.25) is 0 Å². The van der Waals surface area contributed by atoms with Crippen LogP contribution in [-0.2, 0) is 14.3 Å². The van der Waals surface area contributed by atoms with Gasteiger partial charge in [0.15, 0.2) is 0 Å². The fourth-order valence-corrected chi connectivity index (χ4v) is 3.16. The second kappa shape index (κ2) is 5.36. The van der Waals surface area contributed by atoms with Crippen molar-refractivity contribution < 1.29 is 14.3 Å². The average Bonchev–Trinajstić information content (AvgIpc) is 2.98. The molecule has 112 valence electrons. The minimum atomic E-state index is -0.311. The molecule has 0 aromatic heterocycles. The molecule has 2 aliphatic rings. The maximum Gasteiger partial charge on any atom is 0.308 e. The molecule has 0 radical (unpaired) electrons. The van der Waals surface area contributed by atoms with Gasteiger partial charge in [-0.1, -0.05) is 31.6 Å². The van der Waals surface area contributed by atoms with Gasteiger partial charge in [-0.15, -0.1) is 0 Å². The monoisotopic (exact) mass is 278 g/mol. The van der Waals surface area contributed by atoms with E-state index in [1.807, 2.05) is 6.92 Å². The van der Waals surface area contributed by atoms with Crippen LogP contribution in [0.3, 0.4) is 0 Å². The summed E-state index contributed by atoms with van der Waals surface area (Å²) >= 11 is 0. The van der Waals surface area contributed by atoms with Crippen LogP contribution in [0.1, 0.15) is 53.4 Å². The molecule has 3 heteroatoms. The number of epoxide rings is 1. The topological polar surface area (TPSA) is 38.8 Å². The summed E-state index contributed by atoms with van der Waals surface area (Å²) in [4.78, 5) is 11.3. The van der Waals surface area contributed by atoms with Crippen LogP contribution in [0.25, 0.3) is 0 Å². The lowest BCUT2D eigenvalue weighted by Gasteiger charge is -2.33. The molecule has 0 spiro atoms. The third-order valence-electron chi connectivity index (χ3n) is 4.68. The van der Waals surface area contributed by atoms with Crippen molar-refractivity contribution in [1.29, 1.82) is 0 Å². The third kappa shape index (κ3) is 3.14. The summed E-state index contributed by atoms with van der Waals surface area (Å²) in [5.41, 5.74) is 2.83. The Balaban J connectivity index is 2.05. The molecular formula is C17H26O3. The van der Waals surface area contributed by atoms with Crippen LogP contribution in [0.4, 0.5) is 0 Å². The van der Waals surface area contributed by atoms with Gasteiger partial charge in [0.25, 0.3) is 0 Å². The zero-order chi connectivity index (χ0) is 15.0. The molecule has 1 saturated heterocycles. The first-order valence-corrected chi connectivity index (χ1v) is 7.42. The Labute approximate surface area is 122 Å². The Kier molecular flexibility index (Phi) is 4.10. The Bertz CT molecular complexity index is 459. The minimum Gasteiger partial charge on any atom is -0.469 e. The van der Waals surface area contributed by atoms with Crippen molar-refractivity contribution in [3.05, 3.63) is 23.3 Å². The van der Waals surface area contributed by atoms with E-state index in [0.29, 0.717) is 6.42 Å². The number of carbonyl (C=O) groups excluding carboxylic acids is 1. The lowest BCUT2D eigenvalue weighted by Crippen LogP contribution is -2.19. The van der Waals surface area contributed by atoms with E-state index in [1.54, 1.807) is 0 Å². The molecule has 2 unspecified atom stereocenters. The van der Waals surface area contributed by atoms with Gasteiger partial charge in [0.05, 0.1) is 13.5 Å². The Morgan fingerprint density at radius 1 is 1.45 bits per heavy atom. The van der Waals surface area contributed by atoms with E-state index >= 15 is 0 Å². The first kappa shape index (κ1) is 15.3. The highest BCUT2D eigenvalue weighted by Gasteiger charge is 2.51. The SMILES string of the molecule is COC(=O)CC1OC1(C)/C=C/C1=C(C)CCCC1(C)C. The molecule has 0 saturated carbocycles. The number of ether oxygens (including phenoxy) is 2. The van der Waals surface area contributed by atoms with Crippen molar-refractivity contribution in [1.82, 2.24) is 0 Å². The van der Waals surface area contributed by atoms with Gasteiger partial charge < -0.3 is 9.47 Å². The Hall–Kier alpha value is -1.09. The molecule has 3 nitrogen and oxygen atoms in total. The highest BCUT2D eigenvalue weighted by atomic mass is 16.6. The van der Waals surface area contributed by atoms with Crippen molar-refractivity contribution in [2.75, 3.05) is 7.11 Å². The van der Waals surface area contributed by atoms with Gasteiger partial charge in [-0.2, -0.15) is 0 Å². The lowest BCUT2D eigenvalue weighted by molar-refractivity contribution is -0.140. The van der Waals surface area contributed by atoms with Crippen molar-refractivity contribution in [3.8, 4) is 0 Å². The first-order valence-electron chi connectivity index (χ1n) is 7.42. The zero-order valence-corrected chi connectivity index (χ0v) is 13.3. The van der Waals surface area contributed by atoms with E-state index in [0.717, 1.165) is 0 Å². The quantitative estimate of drug-likeness (QED) is 0.580. The summed E-state index contributed by atoms with van der Waals surface area (Å²) in [7, 11) is 1.41. The van der Waals surface area contributed by atoms with Crippen molar-refractivity contribution in [3.63, 3.8) is 0 Å². The smallest absolute Gasteiger partial charge is 0.308 e. The summed E-state index contributed by atoms with van der Waals surface area (Å²) in [5.74, 6) is -0.208. The van der Waals surface area contributed by atoms with E-state index in [9.17, 15) is 4.79 Å². The second-order valence-electron chi connectivity index (χ2n) is 6.84. The summed E-state index contributed by atoms with van der Waals surface area (Å²) in [6.45, 7) is 8.86. The fourth-order valence-electron chi connectivity index (χ4n) is 3.16. The van der Waals surface area contributed by atoms with Gasteiger partial charge in [0, 0.05) is 0 Å². The van der Waals surface area contributed by atoms with Crippen LogP contribution in [0.15, 0.2) is 23.3 Å². The number of carbonyl (C=O) groups is 1. The summed E-state index contributed by atoms with van der Waals surface area (Å²) in [6.07, 6.45) is 8.31. The first-order chi connectivity index (χ1) is 9.28. The maximum absolute atomic E-state index is 11.3. The van der Waals surface area contributed by atoms with Crippen molar-refractivity contribution >= 4 is 5.97 Å². The molecule has 0 aromatic rings. The average molecular weight is 278 g/mol. The second-order valence-corrected chi connectivity index (χ2v) is 6.84. The highest BCUT2D eigenvalue weighted by Crippen LogP contribution is 2.44. The summed E-state index contributed by atoms with van der Waals surface area (Å²) < 4.78 is 10.3. The molecule has 2 atom stereocenters. The third-order valence-corrected chi connectivity index (χ3v) is 4.68. The molecule has 0 amide bonds. The van der Waals surface area contributed by atoms with Crippen LogP contribution in [-0.4, -0.2) is 24.8 Å². The molecule has 1 fully saturated rings. The number of esters is 1. The fraction of sp³-hybridized carbons (Fsp3) is 0.706. The van der Waals surface area contributed by atoms with Crippen molar-refractivity contribution in [2.45, 2.75) is 65.1 Å². The molecule has 20 heavy (non-hydrogen) atoms. The normalized spacial score (nSPS) is 32.5. The molecule has 1 aliphatic carbocycles. The van der Waals surface area contributed by atoms with E-state index in [2.05, 4.69) is 37.7 Å². The molecule has 0 N–H and O–H groups in total. The maximum atomic E-state index is 11.3. The summed E-state index contributed by atoms with van der Waals surface area (Å²) in [5, 5.41) is 0. The highest BCUT2D eigenvalue weighted by molar-refractivity contribution is 5.70. The van der Waals surface area contributed by atoms with Gasteiger partial charge in [0.2, 0.25) is 0 Å². The van der Waals surface area contributed by atoms with Crippen LogP contribution >= 0.6 is 0 Å². The number of methoxy groups -OCH3 is 1. The number of hydrogen-bond acceptors (Lipinski definition) is 3. The predicted octanol–water partition coefficient (Wildman–Crippen LogP) is 3.79. The Morgan fingerprint density at radius 2 is 2.15 bits per heavy atom. The van der Waals surface area contributed by atoms with Gasteiger partial charge in [-0.05, 0) is 44.1 Å². The Morgan fingerprint density at radius 3 is 2.75 bits per heavy atom. The van der Waals surface area contributed by atoms with Gasteiger partial charge in [-0.25, -0.2) is 0 Å². The number of hydrogen-bond donors (Lipinski definition) is 0. The van der Waals surface area contributed by atoms with Gasteiger partial charge in [-0.3, -0.25) is 4.79 Å². The minimum absolute atomic E-state index is 0.0428. The van der Waals surface area contributed by atoms with Crippen LogP contribution in [0, 0.1) is 5.41 Å². The van der Waals surface area contributed by atoms with E-state index in [4.69, 9.17) is 4.74 Å². The van der Waals surface area contributed by atoms with Crippen LogP contribution in [0.5, 0.6) is 0 Å². The number of rotatable bonds is 4. The van der Waals surface area contributed by atoms with Crippen LogP contribution < -0.4 is 0 Å². The molecule has 0 bridgehead atoms. The molecule has 0 aromatic carbocycles. The molecule has 2 rings (SSSR count). The largest absolute Gasteiger partial charge is 0.469 e. The molecule has 1 aliphatic heterocycles. The number of allylic oxidation sites excluding steroid dienone is 3. The predicted molar refractivity (Wildman–Crippen MR) is 79.4 cm³/mol. The molecular weight excluding hydrogens is 252 g/mol. The zero-order valence-electron chi connectivity index (χ0n) is 13.3. The van der Waals surface area contributed by atoms with Gasteiger partial charge >= 0.3 is 5.97 Å². The van der Waals surface area contributed by atoms with Crippen molar-refractivity contribution in [2.24, 2.45) is 5.41 Å². The van der Waals surface area contributed by atoms with Gasteiger partial charge in [0.1, 0.15) is 11.7 Å². The van der Waals surface area contributed by atoms with E-state index in [1.165, 1.54) is 37.5 Å². The molecule has 1 heterocycles.